The third-order valence-electron chi connectivity index (χ3n) is 3.52. The van der Waals surface area contributed by atoms with Gasteiger partial charge in [0, 0.05) is 44.6 Å². The summed E-state index contributed by atoms with van der Waals surface area (Å²) in [5.74, 6) is 0.209. The first-order chi connectivity index (χ1) is 11.4. The molecule has 150 valence electrons. The minimum absolute atomic E-state index is 0.268. The SMILES string of the molecule is CO[Si](CCCSCC(C)C(=O)NC(C)(C)CS(=O)(=O)[O-])(OC)OC. The van der Waals surface area contributed by atoms with Crippen LogP contribution >= 0.6 is 11.8 Å². The fourth-order valence-corrected chi connectivity index (χ4v) is 6.17. The lowest BCUT2D eigenvalue weighted by atomic mass is 10.1. The molecule has 25 heavy (non-hydrogen) atoms. The lowest BCUT2D eigenvalue weighted by molar-refractivity contribution is -0.125. The maximum atomic E-state index is 12.1. The van der Waals surface area contributed by atoms with Gasteiger partial charge in [-0.15, -0.1) is 0 Å². The zero-order valence-electron chi connectivity index (χ0n) is 15.8. The van der Waals surface area contributed by atoms with Gasteiger partial charge >= 0.3 is 8.80 Å². The van der Waals surface area contributed by atoms with Crippen molar-refractivity contribution in [3.63, 3.8) is 0 Å². The van der Waals surface area contributed by atoms with Gasteiger partial charge < -0.3 is 23.1 Å². The molecule has 0 aliphatic rings. The molecule has 0 radical (unpaired) electrons. The first-order valence-corrected chi connectivity index (χ1v) is 12.6. The normalized spacial score (nSPS) is 14.4. The van der Waals surface area contributed by atoms with Crippen LogP contribution in [0.4, 0.5) is 0 Å². The van der Waals surface area contributed by atoms with Crippen molar-refractivity contribution in [1.82, 2.24) is 5.32 Å². The molecule has 0 saturated heterocycles. The molecule has 0 aromatic heterocycles. The van der Waals surface area contributed by atoms with Crippen LogP contribution in [0.2, 0.25) is 6.04 Å². The number of carbonyl (C=O) groups is 1. The Hall–Kier alpha value is -0.173. The number of carbonyl (C=O) groups excluding carboxylic acids is 1. The number of thioether (sulfide) groups is 1. The van der Waals surface area contributed by atoms with Gasteiger partial charge in [-0.25, -0.2) is 8.42 Å². The van der Waals surface area contributed by atoms with E-state index in [1.807, 2.05) is 0 Å². The second-order valence-electron chi connectivity index (χ2n) is 6.45. The number of hydrogen-bond acceptors (Lipinski definition) is 8. The van der Waals surface area contributed by atoms with E-state index in [0.717, 1.165) is 12.2 Å². The summed E-state index contributed by atoms with van der Waals surface area (Å²) in [6, 6.07) is 0.693. The molecular formula is C14H30NO7S2Si-. The van der Waals surface area contributed by atoms with E-state index >= 15 is 0 Å². The van der Waals surface area contributed by atoms with Gasteiger partial charge in [0.2, 0.25) is 5.91 Å². The Morgan fingerprint density at radius 2 is 1.76 bits per heavy atom. The largest absolute Gasteiger partial charge is 0.748 e. The summed E-state index contributed by atoms with van der Waals surface area (Å²) in [6.07, 6.45) is 0.834. The zero-order chi connectivity index (χ0) is 19.7. The predicted molar refractivity (Wildman–Crippen MR) is 99.5 cm³/mol. The van der Waals surface area contributed by atoms with Crippen LogP contribution < -0.4 is 5.32 Å². The second-order valence-corrected chi connectivity index (χ2v) is 12.1. The van der Waals surface area contributed by atoms with Crippen LogP contribution in [0, 0.1) is 5.92 Å². The lowest BCUT2D eigenvalue weighted by Gasteiger charge is -2.29. The molecule has 1 unspecified atom stereocenters. The molecule has 0 fully saturated rings. The molecule has 0 spiro atoms. The van der Waals surface area contributed by atoms with Crippen LogP contribution in [0.1, 0.15) is 27.2 Å². The van der Waals surface area contributed by atoms with Gasteiger partial charge in [0.15, 0.2) is 0 Å². The van der Waals surface area contributed by atoms with Gasteiger partial charge in [0.05, 0.1) is 15.9 Å². The third-order valence-corrected chi connectivity index (χ3v) is 8.74. The van der Waals surface area contributed by atoms with E-state index in [4.69, 9.17) is 13.3 Å². The quantitative estimate of drug-likeness (QED) is 0.269. The van der Waals surface area contributed by atoms with Crippen LogP contribution in [-0.4, -0.2) is 71.8 Å². The molecule has 11 heteroatoms. The van der Waals surface area contributed by atoms with Crippen molar-refractivity contribution in [3.8, 4) is 0 Å². The lowest BCUT2D eigenvalue weighted by Crippen LogP contribution is -2.50. The molecule has 8 nitrogen and oxygen atoms in total. The third kappa shape index (κ3) is 10.5. The molecule has 0 aromatic rings. The van der Waals surface area contributed by atoms with Gasteiger partial charge in [0.25, 0.3) is 0 Å². The van der Waals surface area contributed by atoms with Crippen molar-refractivity contribution in [2.24, 2.45) is 5.92 Å². The highest BCUT2D eigenvalue weighted by molar-refractivity contribution is 7.99. The van der Waals surface area contributed by atoms with E-state index in [0.29, 0.717) is 11.8 Å². The van der Waals surface area contributed by atoms with Crippen molar-refractivity contribution in [3.05, 3.63) is 0 Å². The molecule has 0 saturated carbocycles. The molecule has 0 aliphatic heterocycles. The molecule has 0 heterocycles. The second kappa shape index (κ2) is 10.9. The van der Waals surface area contributed by atoms with E-state index < -0.39 is 30.2 Å². The monoisotopic (exact) mass is 416 g/mol. The fourth-order valence-electron chi connectivity index (χ4n) is 2.22. The number of nitrogens with one attached hydrogen (secondary N) is 1. The molecule has 1 amide bonds. The summed E-state index contributed by atoms with van der Waals surface area (Å²) in [6.45, 7) is 4.80. The van der Waals surface area contributed by atoms with Gasteiger partial charge in [-0.1, -0.05) is 6.92 Å². The highest BCUT2D eigenvalue weighted by Crippen LogP contribution is 2.19. The fraction of sp³-hybridized carbons (Fsp3) is 0.929. The van der Waals surface area contributed by atoms with E-state index in [-0.39, 0.29) is 11.8 Å². The molecule has 0 rings (SSSR count). The summed E-state index contributed by atoms with van der Waals surface area (Å²) < 4.78 is 48.6. The van der Waals surface area contributed by atoms with Crippen LogP contribution in [0.5, 0.6) is 0 Å². The van der Waals surface area contributed by atoms with Crippen LogP contribution in [-0.2, 0) is 28.2 Å². The summed E-state index contributed by atoms with van der Waals surface area (Å²) in [5, 5.41) is 2.62. The summed E-state index contributed by atoms with van der Waals surface area (Å²) in [5.41, 5.74) is -1.09. The molecule has 0 bridgehead atoms. The summed E-state index contributed by atoms with van der Waals surface area (Å²) >= 11 is 1.62. The molecule has 0 aliphatic carbocycles. The van der Waals surface area contributed by atoms with E-state index in [2.05, 4.69) is 5.32 Å². The van der Waals surface area contributed by atoms with E-state index in [9.17, 15) is 17.8 Å². The Balaban J connectivity index is 4.22. The Morgan fingerprint density at radius 1 is 1.24 bits per heavy atom. The van der Waals surface area contributed by atoms with E-state index in [1.54, 1.807) is 40.0 Å². The minimum Gasteiger partial charge on any atom is -0.748 e. The topological polar surface area (TPSA) is 114 Å². The van der Waals surface area contributed by atoms with Gasteiger partial charge in [-0.3, -0.25) is 4.79 Å². The Bertz CT molecular complexity index is 501. The summed E-state index contributed by atoms with van der Waals surface area (Å²) in [7, 11) is -2.23. The van der Waals surface area contributed by atoms with Gasteiger partial charge in [-0.2, -0.15) is 11.8 Å². The van der Waals surface area contributed by atoms with Crippen LogP contribution in [0.25, 0.3) is 0 Å². The molecule has 0 aromatic carbocycles. The first-order valence-electron chi connectivity index (χ1n) is 7.89. The Kier molecular flexibility index (Phi) is 10.8. The van der Waals surface area contributed by atoms with Crippen molar-refractivity contribution >= 4 is 36.6 Å². The minimum atomic E-state index is -4.40. The van der Waals surface area contributed by atoms with Gasteiger partial charge in [-0.05, 0) is 26.0 Å². The number of hydrogen-bond donors (Lipinski definition) is 1. The summed E-state index contributed by atoms with van der Waals surface area (Å²) in [4.78, 5) is 12.1. The van der Waals surface area contributed by atoms with Gasteiger partial charge in [0.1, 0.15) is 0 Å². The van der Waals surface area contributed by atoms with E-state index in [1.165, 1.54) is 13.8 Å². The van der Waals surface area contributed by atoms with Crippen LogP contribution in [0.3, 0.4) is 0 Å². The number of rotatable bonds is 13. The number of amides is 1. The standard InChI is InChI=1S/C14H31NO7S2Si/c1-12(13(16)15-14(2,3)11-24(17,18)19)10-23-8-7-9-25(20-4,21-5)22-6/h12H,7-11H2,1-6H3,(H,15,16)(H,17,18,19)/p-1. The molecule has 1 N–H and O–H groups in total. The average Bonchev–Trinajstić information content (AvgIpc) is 2.48. The van der Waals surface area contributed by atoms with Crippen molar-refractivity contribution < 1.29 is 31.0 Å². The zero-order valence-corrected chi connectivity index (χ0v) is 18.4. The smallest absolute Gasteiger partial charge is 0.500 e. The average molecular weight is 417 g/mol. The highest BCUT2D eigenvalue weighted by Gasteiger charge is 2.36. The van der Waals surface area contributed by atoms with Crippen molar-refractivity contribution in [2.75, 3.05) is 38.6 Å². The van der Waals surface area contributed by atoms with Crippen LogP contribution in [0.15, 0.2) is 0 Å². The first kappa shape index (κ1) is 24.8. The Labute approximate surface area is 156 Å². The van der Waals surface area contributed by atoms with Crippen molar-refractivity contribution in [1.29, 1.82) is 0 Å². The maximum absolute atomic E-state index is 12.1. The predicted octanol–water partition coefficient (Wildman–Crippen LogP) is 1.06. The highest BCUT2D eigenvalue weighted by atomic mass is 32.2. The Morgan fingerprint density at radius 3 is 2.20 bits per heavy atom. The van der Waals surface area contributed by atoms with Crippen molar-refractivity contribution in [2.45, 2.75) is 38.8 Å². The molecule has 1 atom stereocenters. The maximum Gasteiger partial charge on any atom is 0.500 e. The molecular weight excluding hydrogens is 386 g/mol.